The van der Waals surface area contributed by atoms with Crippen molar-refractivity contribution in [1.29, 1.82) is 0 Å². The first-order chi connectivity index (χ1) is 9.43. The second kappa shape index (κ2) is 5.60. The van der Waals surface area contributed by atoms with Crippen molar-refractivity contribution in [3.05, 3.63) is 16.4 Å². The molecule has 0 spiro atoms. The van der Waals surface area contributed by atoms with Gasteiger partial charge in [0.15, 0.2) is 0 Å². The highest BCUT2D eigenvalue weighted by Gasteiger charge is 2.30. The first-order valence-corrected chi connectivity index (χ1v) is 6.86. The molecule has 1 heterocycles. The molecular formula is C13H21N5O2. The first kappa shape index (κ1) is 14.5. The van der Waals surface area contributed by atoms with Crippen LogP contribution in [-0.2, 0) is 0 Å². The quantitative estimate of drug-likeness (QED) is 0.650. The molecule has 0 saturated heterocycles. The summed E-state index contributed by atoms with van der Waals surface area (Å²) in [5.41, 5.74) is 0.183. The highest BCUT2D eigenvalue weighted by molar-refractivity contribution is 5.69. The lowest BCUT2D eigenvalue weighted by molar-refractivity contribution is -0.383. The van der Waals surface area contributed by atoms with E-state index >= 15 is 0 Å². The lowest BCUT2D eigenvalue weighted by Crippen LogP contribution is -2.32. The fraction of sp³-hybridized carbons (Fsp3) is 0.692. The molecule has 2 N–H and O–H groups in total. The van der Waals surface area contributed by atoms with Crippen molar-refractivity contribution in [1.82, 2.24) is 9.97 Å². The van der Waals surface area contributed by atoms with E-state index in [4.69, 9.17) is 0 Å². The molecule has 1 aromatic heterocycles. The van der Waals surface area contributed by atoms with E-state index in [0.717, 1.165) is 19.3 Å². The van der Waals surface area contributed by atoms with E-state index in [9.17, 15) is 10.1 Å². The summed E-state index contributed by atoms with van der Waals surface area (Å²) in [5, 5.41) is 17.2. The molecule has 0 aliphatic heterocycles. The van der Waals surface area contributed by atoms with Crippen molar-refractivity contribution in [2.75, 3.05) is 17.7 Å². The number of hydrogen-bond acceptors (Lipinski definition) is 6. The van der Waals surface area contributed by atoms with Crippen LogP contribution in [0.4, 0.5) is 17.3 Å². The molecule has 0 radical (unpaired) electrons. The fourth-order valence-corrected chi connectivity index (χ4v) is 2.86. The Balaban J connectivity index is 2.23. The van der Waals surface area contributed by atoms with Gasteiger partial charge in [-0.3, -0.25) is 10.1 Å². The molecule has 7 heteroatoms. The summed E-state index contributed by atoms with van der Waals surface area (Å²) in [7, 11) is 1.61. The maximum absolute atomic E-state index is 11.2. The molecule has 1 fully saturated rings. The summed E-state index contributed by atoms with van der Waals surface area (Å²) in [4.78, 5) is 18.7. The minimum absolute atomic E-state index is 0.0848. The number of nitrogens with zero attached hydrogens (tertiary/aromatic N) is 3. The average molecular weight is 279 g/mol. The highest BCUT2D eigenvalue weighted by Crippen LogP contribution is 2.37. The Bertz CT molecular complexity index is 504. The Morgan fingerprint density at radius 1 is 1.40 bits per heavy atom. The standard InChI is InChI=1S/C13H21N5O2/c1-13(2)6-4-5-9(7-13)17-12-10(18(19)20)11(14-3)15-8-16-12/h8-9H,4-7H2,1-3H3,(H2,14,15,16,17). The Morgan fingerprint density at radius 3 is 2.70 bits per heavy atom. The van der Waals surface area contributed by atoms with Crippen molar-refractivity contribution in [3.63, 3.8) is 0 Å². The lowest BCUT2D eigenvalue weighted by atomic mass is 9.75. The van der Waals surface area contributed by atoms with Gasteiger partial charge in [0.05, 0.1) is 4.92 Å². The topological polar surface area (TPSA) is 93.0 Å². The smallest absolute Gasteiger partial charge is 0.353 e. The Morgan fingerprint density at radius 2 is 2.10 bits per heavy atom. The largest absolute Gasteiger partial charge is 0.367 e. The first-order valence-electron chi connectivity index (χ1n) is 6.86. The van der Waals surface area contributed by atoms with Crippen molar-refractivity contribution in [2.45, 2.75) is 45.6 Å². The van der Waals surface area contributed by atoms with Crippen molar-refractivity contribution >= 4 is 17.3 Å². The van der Waals surface area contributed by atoms with Gasteiger partial charge in [0.2, 0.25) is 11.6 Å². The van der Waals surface area contributed by atoms with Crippen LogP contribution in [0.3, 0.4) is 0 Å². The van der Waals surface area contributed by atoms with Crippen LogP contribution in [0.1, 0.15) is 39.5 Å². The van der Waals surface area contributed by atoms with Gasteiger partial charge in [0.1, 0.15) is 6.33 Å². The molecule has 1 unspecified atom stereocenters. The Hall–Kier alpha value is -1.92. The van der Waals surface area contributed by atoms with Crippen LogP contribution in [0.5, 0.6) is 0 Å². The number of nitro groups is 1. The average Bonchev–Trinajstić information content (AvgIpc) is 2.36. The SMILES string of the molecule is CNc1ncnc(NC2CCCC(C)(C)C2)c1[N+](=O)[O-]. The minimum Gasteiger partial charge on any atom is -0.367 e. The molecular weight excluding hydrogens is 258 g/mol. The van der Waals surface area contributed by atoms with E-state index in [1.165, 1.54) is 12.7 Å². The van der Waals surface area contributed by atoms with E-state index in [2.05, 4.69) is 34.4 Å². The molecule has 1 saturated carbocycles. The summed E-state index contributed by atoms with van der Waals surface area (Å²) < 4.78 is 0. The third-order valence-electron chi connectivity index (χ3n) is 3.79. The molecule has 110 valence electrons. The van der Waals surface area contributed by atoms with Crippen molar-refractivity contribution in [2.24, 2.45) is 5.41 Å². The van der Waals surface area contributed by atoms with Crippen LogP contribution < -0.4 is 10.6 Å². The summed E-state index contributed by atoms with van der Waals surface area (Å²) >= 11 is 0. The fourth-order valence-electron chi connectivity index (χ4n) is 2.86. The number of nitrogens with one attached hydrogen (secondary N) is 2. The zero-order chi connectivity index (χ0) is 14.8. The number of rotatable bonds is 4. The van der Waals surface area contributed by atoms with Crippen LogP contribution in [0.25, 0.3) is 0 Å². The lowest BCUT2D eigenvalue weighted by Gasteiger charge is -2.35. The second-order valence-corrected chi connectivity index (χ2v) is 6.03. The number of anilines is 2. The van der Waals surface area contributed by atoms with E-state index in [1.807, 2.05) is 0 Å². The minimum atomic E-state index is -0.442. The van der Waals surface area contributed by atoms with Gasteiger partial charge < -0.3 is 10.6 Å². The van der Waals surface area contributed by atoms with Gasteiger partial charge in [0, 0.05) is 13.1 Å². The Kier molecular flexibility index (Phi) is 4.06. The summed E-state index contributed by atoms with van der Waals surface area (Å²) in [6, 6.07) is 0.219. The van der Waals surface area contributed by atoms with E-state index in [1.54, 1.807) is 7.05 Å². The summed E-state index contributed by atoms with van der Waals surface area (Å²) in [6.07, 6.45) is 5.67. The maximum atomic E-state index is 11.2. The molecule has 1 aromatic rings. The molecule has 1 atom stereocenters. The van der Waals surface area contributed by atoms with Crippen LogP contribution >= 0.6 is 0 Å². The predicted molar refractivity (Wildman–Crippen MR) is 77.9 cm³/mol. The molecule has 0 amide bonds. The van der Waals surface area contributed by atoms with Crippen LogP contribution in [0.15, 0.2) is 6.33 Å². The van der Waals surface area contributed by atoms with Gasteiger partial charge in [0.25, 0.3) is 0 Å². The van der Waals surface area contributed by atoms with Gasteiger partial charge in [-0.1, -0.05) is 20.3 Å². The van der Waals surface area contributed by atoms with E-state index in [0.29, 0.717) is 5.82 Å². The van der Waals surface area contributed by atoms with Gasteiger partial charge in [-0.05, 0) is 24.7 Å². The zero-order valence-corrected chi connectivity index (χ0v) is 12.1. The van der Waals surface area contributed by atoms with Crippen LogP contribution in [-0.4, -0.2) is 28.0 Å². The van der Waals surface area contributed by atoms with Gasteiger partial charge in [-0.2, -0.15) is 0 Å². The van der Waals surface area contributed by atoms with Crippen LogP contribution in [0.2, 0.25) is 0 Å². The summed E-state index contributed by atoms with van der Waals surface area (Å²) in [6.45, 7) is 4.46. The summed E-state index contributed by atoms with van der Waals surface area (Å²) in [5.74, 6) is 0.541. The second-order valence-electron chi connectivity index (χ2n) is 6.03. The maximum Gasteiger partial charge on any atom is 0.353 e. The molecule has 7 nitrogen and oxygen atoms in total. The predicted octanol–water partition coefficient (Wildman–Crippen LogP) is 2.81. The van der Waals surface area contributed by atoms with Gasteiger partial charge in [-0.15, -0.1) is 0 Å². The van der Waals surface area contributed by atoms with Gasteiger partial charge in [-0.25, -0.2) is 9.97 Å². The molecule has 20 heavy (non-hydrogen) atoms. The number of hydrogen-bond donors (Lipinski definition) is 2. The Labute approximate surface area is 118 Å². The van der Waals surface area contributed by atoms with Crippen molar-refractivity contribution in [3.8, 4) is 0 Å². The van der Waals surface area contributed by atoms with E-state index < -0.39 is 4.92 Å². The third-order valence-corrected chi connectivity index (χ3v) is 3.79. The third kappa shape index (κ3) is 3.15. The molecule has 2 rings (SSSR count). The molecule has 0 aromatic carbocycles. The van der Waals surface area contributed by atoms with Crippen molar-refractivity contribution < 1.29 is 4.92 Å². The highest BCUT2D eigenvalue weighted by atomic mass is 16.6. The van der Waals surface area contributed by atoms with E-state index in [-0.39, 0.29) is 23.0 Å². The molecule has 1 aliphatic carbocycles. The van der Waals surface area contributed by atoms with Gasteiger partial charge >= 0.3 is 5.69 Å². The zero-order valence-electron chi connectivity index (χ0n) is 12.1. The normalized spacial score (nSPS) is 21.2. The molecule has 1 aliphatic rings. The monoisotopic (exact) mass is 279 g/mol. The molecule has 0 bridgehead atoms. The number of aromatic nitrogens is 2. The van der Waals surface area contributed by atoms with Crippen LogP contribution in [0, 0.1) is 15.5 Å².